The number of carbonyl (C=O) groups excluding carboxylic acids is 1. The molecule has 1 atom stereocenters. The van der Waals surface area contributed by atoms with E-state index in [0.717, 1.165) is 17.8 Å². The highest BCUT2D eigenvalue weighted by Gasteiger charge is 2.28. The van der Waals surface area contributed by atoms with Crippen molar-refractivity contribution in [3.8, 4) is 0 Å². The van der Waals surface area contributed by atoms with Crippen LogP contribution in [0.5, 0.6) is 0 Å². The largest absolute Gasteiger partial charge is 0.382 e. The van der Waals surface area contributed by atoms with Gasteiger partial charge in [-0.3, -0.25) is 4.79 Å². The minimum atomic E-state index is -0.502. The number of nitrogens with one attached hydrogen (secondary N) is 1. The molecule has 0 saturated carbocycles. The van der Waals surface area contributed by atoms with Gasteiger partial charge >= 0.3 is 0 Å². The molecule has 0 aliphatic carbocycles. The molecule has 2 rings (SSSR count). The molecule has 0 saturated heterocycles. The second-order valence-electron chi connectivity index (χ2n) is 4.80. The second kappa shape index (κ2) is 6.33. The second-order valence-corrected chi connectivity index (χ2v) is 4.80. The van der Waals surface area contributed by atoms with E-state index in [-0.39, 0.29) is 5.91 Å². The summed E-state index contributed by atoms with van der Waals surface area (Å²) in [6.45, 7) is 1.43. The van der Waals surface area contributed by atoms with Crippen LogP contribution in [0, 0.1) is 0 Å². The van der Waals surface area contributed by atoms with Crippen molar-refractivity contribution in [3.63, 3.8) is 0 Å². The standard InChI is InChI=1S/C14H19N3O2/c1-17(2)9-8-15-14(18)13-10-12(16-19-13)11-6-4-3-5-7-11/h3-7,13H,8-10H2,1-2H3,(H,15,18)/t13-/m1/s1. The maximum Gasteiger partial charge on any atom is 0.264 e. The van der Waals surface area contributed by atoms with Crippen molar-refractivity contribution in [2.45, 2.75) is 12.5 Å². The summed E-state index contributed by atoms with van der Waals surface area (Å²) in [4.78, 5) is 19.1. The summed E-state index contributed by atoms with van der Waals surface area (Å²) in [6.07, 6.45) is 0.0232. The van der Waals surface area contributed by atoms with Gasteiger partial charge in [0.05, 0.1) is 5.71 Å². The predicted octanol–water partition coefficient (Wildman–Crippen LogP) is 0.857. The van der Waals surface area contributed by atoms with Gasteiger partial charge < -0.3 is 15.1 Å². The van der Waals surface area contributed by atoms with Crippen LogP contribution in [0.2, 0.25) is 0 Å². The smallest absolute Gasteiger partial charge is 0.264 e. The lowest BCUT2D eigenvalue weighted by Gasteiger charge is -2.12. The van der Waals surface area contributed by atoms with Crippen LogP contribution >= 0.6 is 0 Å². The first kappa shape index (κ1) is 13.5. The Kier molecular flexibility index (Phi) is 4.52. The Balaban J connectivity index is 1.82. The van der Waals surface area contributed by atoms with E-state index in [1.54, 1.807) is 0 Å². The number of hydrogen-bond acceptors (Lipinski definition) is 4. The molecule has 0 aromatic heterocycles. The molecule has 0 fully saturated rings. The molecule has 5 nitrogen and oxygen atoms in total. The average molecular weight is 261 g/mol. The van der Waals surface area contributed by atoms with Crippen molar-refractivity contribution < 1.29 is 9.63 Å². The molecule has 1 heterocycles. The Labute approximate surface area is 113 Å². The zero-order chi connectivity index (χ0) is 13.7. The zero-order valence-corrected chi connectivity index (χ0v) is 11.3. The van der Waals surface area contributed by atoms with Crippen molar-refractivity contribution in [2.75, 3.05) is 27.2 Å². The highest BCUT2D eigenvalue weighted by atomic mass is 16.6. The van der Waals surface area contributed by atoms with E-state index in [2.05, 4.69) is 10.5 Å². The van der Waals surface area contributed by atoms with Gasteiger partial charge in [0.2, 0.25) is 6.10 Å². The van der Waals surface area contributed by atoms with Gasteiger partial charge in [0.25, 0.3) is 5.91 Å². The lowest BCUT2D eigenvalue weighted by atomic mass is 10.0. The third kappa shape index (κ3) is 3.79. The lowest BCUT2D eigenvalue weighted by molar-refractivity contribution is -0.131. The first-order valence-corrected chi connectivity index (χ1v) is 6.37. The first-order valence-electron chi connectivity index (χ1n) is 6.37. The Morgan fingerprint density at radius 2 is 2.16 bits per heavy atom. The van der Waals surface area contributed by atoms with E-state index >= 15 is 0 Å². The molecule has 1 N–H and O–H groups in total. The number of hydrogen-bond donors (Lipinski definition) is 1. The van der Waals surface area contributed by atoms with Gasteiger partial charge in [0.15, 0.2) is 0 Å². The Bertz CT molecular complexity index is 457. The summed E-state index contributed by atoms with van der Waals surface area (Å²) >= 11 is 0. The fourth-order valence-electron chi connectivity index (χ4n) is 1.84. The third-order valence-electron chi connectivity index (χ3n) is 2.93. The van der Waals surface area contributed by atoms with Gasteiger partial charge in [-0.2, -0.15) is 0 Å². The summed E-state index contributed by atoms with van der Waals surface area (Å²) in [5.74, 6) is -0.100. The summed E-state index contributed by atoms with van der Waals surface area (Å²) in [5.41, 5.74) is 1.83. The summed E-state index contributed by atoms with van der Waals surface area (Å²) in [6, 6.07) is 9.78. The monoisotopic (exact) mass is 261 g/mol. The van der Waals surface area contributed by atoms with Gasteiger partial charge in [0.1, 0.15) is 0 Å². The van der Waals surface area contributed by atoms with E-state index in [1.165, 1.54) is 0 Å². The average Bonchev–Trinajstić information content (AvgIpc) is 2.89. The molecular weight excluding hydrogens is 242 g/mol. The van der Waals surface area contributed by atoms with Crippen molar-refractivity contribution in [2.24, 2.45) is 5.16 Å². The van der Waals surface area contributed by atoms with Gasteiger partial charge in [-0.15, -0.1) is 0 Å². The van der Waals surface area contributed by atoms with E-state index < -0.39 is 6.10 Å². The number of likely N-dealkylation sites (N-methyl/N-ethyl adjacent to an activating group) is 1. The van der Waals surface area contributed by atoms with Crippen molar-refractivity contribution >= 4 is 11.6 Å². The van der Waals surface area contributed by atoms with Gasteiger partial charge in [0, 0.05) is 19.5 Å². The molecule has 0 spiro atoms. The number of oxime groups is 1. The van der Waals surface area contributed by atoms with Crippen LogP contribution in [0.15, 0.2) is 35.5 Å². The number of carbonyl (C=O) groups is 1. The molecule has 1 amide bonds. The zero-order valence-electron chi connectivity index (χ0n) is 11.3. The molecule has 19 heavy (non-hydrogen) atoms. The van der Waals surface area contributed by atoms with Crippen LogP contribution < -0.4 is 5.32 Å². The highest BCUT2D eigenvalue weighted by molar-refractivity contribution is 6.04. The molecule has 1 aliphatic heterocycles. The van der Waals surface area contributed by atoms with Crippen molar-refractivity contribution in [1.29, 1.82) is 0 Å². The minimum Gasteiger partial charge on any atom is -0.382 e. The number of amides is 1. The first-order chi connectivity index (χ1) is 9.16. The quantitative estimate of drug-likeness (QED) is 0.855. The molecule has 5 heteroatoms. The molecule has 0 radical (unpaired) electrons. The fraction of sp³-hybridized carbons (Fsp3) is 0.429. The fourth-order valence-corrected chi connectivity index (χ4v) is 1.84. The van der Waals surface area contributed by atoms with Gasteiger partial charge in [-0.1, -0.05) is 35.5 Å². The maximum atomic E-state index is 11.9. The minimum absolute atomic E-state index is 0.100. The normalized spacial score (nSPS) is 18.1. The maximum absolute atomic E-state index is 11.9. The lowest BCUT2D eigenvalue weighted by Crippen LogP contribution is -2.38. The topological polar surface area (TPSA) is 53.9 Å². The molecular formula is C14H19N3O2. The van der Waals surface area contributed by atoms with E-state index in [9.17, 15) is 4.79 Å². The summed E-state index contributed by atoms with van der Waals surface area (Å²) in [7, 11) is 3.93. The van der Waals surface area contributed by atoms with Gasteiger partial charge in [-0.25, -0.2) is 0 Å². The van der Waals surface area contributed by atoms with Gasteiger partial charge in [-0.05, 0) is 19.7 Å². The summed E-state index contributed by atoms with van der Waals surface area (Å²) in [5, 5.41) is 6.85. The molecule has 102 valence electrons. The Morgan fingerprint density at radius 3 is 2.84 bits per heavy atom. The van der Waals surface area contributed by atoms with Crippen molar-refractivity contribution in [3.05, 3.63) is 35.9 Å². The van der Waals surface area contributed by atoms with Crippen LogP contribution in [-0.4, -0.2) is 49.8 Å². The van der Waals surface area contributed by atoms with Crippen LogP contribution in [-0.2, 0) is 9.63 Å². The van der Waals surface area contributed by atoms with Crippen molar-refractivity contribution in [1.82, 2.24) is 10.2 Å². The number of nitrogens with zero attached hydrogens (tertiary/aromatic N) is 2. The third-order valence-corrected chi connectivity index (χ3v) is 2.93. The van der Waals surface area contributed by atoms with E-state index in [0.29, 0.717) is 13.0 Å². The van der Waals surface area contributed by atoms with Crippen LogP contribution in [0.4, 0.5) is 0 Å². The Morgan fingerprint density at radius 1 is 1.42 bits per heavy atom. The SMILES string of the molecule is CN(C)CCNC(=O)[C@H]1CC(c2ccccc2)=NO1. The van der Waals surface area contributed by atoms with Crippen LogP contribution in [0.3, 0.4) is 0 Å². The Hall–Kier alpha value is -1.88. The molecule has 0 bridgehead atoms. The van der Waals surface area contributed by atoms with E-state index in [4.69, 9.17) is 4.84 Å². The highest BCUT2D eigenvalue weighted by Crippen LogP contribution is 2.16. The van der Waals surface area contributed by atoms with Crippen LogP contribution in [0.1, 0.15) is 12.0 Å². The molecule has 0 unspecified atom stereocenters. The number of rotatable bonds is 5. The molecule has 1 aliphatic rings. The molecule has 1 aromatic carbocycles. The van der Waals surface area contributed by atoms with Crippen LogP contribution in [0.25, 0.3) is 0 Å². The summed E-state index contributed by atoms with van der Waals surface area (Å²) < 4.78 is 0. The predicted molar refractivity (Wildman–Crippen MR) is 74.0 cm³/mol. The molecule has 1 aromatic rings. The van der Waals surface area contributed by atoms with E-state index in [1.807, 2.05) is 49.3 Å². The number of benzene rings is 1.